The minimum atomic E-state index is 0.557. The van der Waals surface area contributed by atoms with Gasteiger partial charge in [-0.25, -0.2) is 0 Å². The summed E-state index contributed by atoms with van der Waals surface area (Å²) in [4.78, 5) is 0. The lowest BCUT2D eigenvalue weighted by Gasteiger charge is -2.41. The predicted molar refractivity (Wildman–Crippen MR) is 67.6 cm³/mol. The summed E-state index contributed by atoms with van der Waals surface area (Å²) < 4.78 is 6.27. The van der Waals surface area contributed by atoms with Gasteiger partial charge in [0, 0.05) is 6.04 Å². The van der Waals surface area contributed by atoms with Gasteiger partial charge in [0.2, 0.25) is 0 Å². The van der Waals surface area contributed by atoms with E-state index in [0.29, 0.717) is 12.2 Å². The van der Waals surface area contributed by atoms with E-state index in [9.17, 15) is 0 Å². The molecule has 0 saturated heterocycles. The molecule has 0 amide bonds. The van der Waals surface area contributed by atoms with Crippen molar-refractivity contribution in [2.24, 2.45) is 5.92 Å². The van der Waals surface area contributed by atoms with Crippen LogP contribution >= 0.6 is 0 Å². The van der Waals surface area contributed by atoms with Gasteiger partial charge < -0.3 is 10.1 Å². The van der Waals surface area contributed by atoms with Crippen LogP contribution in [-0.4, -0.2) is 24.8 Å². The summed E-state index contributed by atoms with van der Waals surface area (Å²) >= 11 is 0. The lowest BCUT2D eigenvalue weighted by molar-refractivity contribution is -0.0992. The summed E-state index contributed by atoms with van der Waals surface area (Å²) in [6, 6.07) is 0.735. The number of rotatable bonds is 5. The third-order valence-electron chi connectivity index (χ3n) is 4.32. The van der Waals surface area contributed by atoms with E-state index < -0.39 is 0 Å². The molecular formula is C14H27NO. The van der Waals surface area contributed by atoms with E-state index in [-0.39, 0.29) is 0 Å². The zero-order valence-corrected chi connectivity index (χ0v) is 10.9. The van der Waals surface area contributed by atoms with Crippen molar-refractivity contribution in [3.8, 4) is 0 Å². The molecule has 0 aromatic carbocycles. The Kier molecular flexibility index (Phi) is 4.66. The molecule has 16 heavy (non-hydrogen) atoms. The lowest BCUT2D eigenvalue weighted by atomic mass is 9.83. The Morgan fingerprint density at radius 3 is 2.56 bits per heavy atom. The zero-order valence-electron chi connectivity index (χ0n) is 10.9. The molecule has 2 aliphatic rings. The third-order valence-corrected chi connectivity index (χ3v) is 4.32. The number of hydrogen-bond donors (Lipinski definition) is 1. The van der Waals surface area contributed by atoms with Crippen LogP contribution in [0.25, 0.3) is 0 Å². The Morgan fingerprint density at radius 1 is 1.12 bits per heavy atom. The van der Waals surface area contributed by atoms with Gasteiger partial charge in [0.25, 0.3) is 0 Å². The smallest absolute Gasteiger partial charge is 0.0608 e. The van der Waals surface area contributed by atoms with E-state index in [4.69, 9.17) is 4.74 Å². The van der Waals surface area contributed by atoms with Crippen LogP contribution in [0.2, 0.25) is 0 Å². The van der Waals surface area contributed by atoms with Gasteiger partial charge in [0.1, 0.15) is 0 Å². The SMILES string of the molecule is CCNC1CC(OC2CCCCC2CC)C1. The van der Waals surface area contributed by atoms with Crippen molar-refractivity contribution in [2.75, 3.05) is 6.54 Å². The highest BCUT2D eigenvalue weighted by molar-refractivity contribution is 4.87. The second-order valence-corrected chi connectivity index (χ2v) is 5.48. The molecule has 94 valence electrons. The minimum absolute atomic E-state index is 0.557. The van der Waals surface area contributed by atoms with Crippen molar-refractivity contribution < 1.29 is 4.74 Å². The van der Waals surface area contributed by atoms with Gasteiger partial charge in [-0.05, 0) is 38.1 Å². The fourth-order valence-electron chi connectivity index (χ4n) is 3.20. The molecule has 2 atom stereocenters. The Balaban J connectivity index is 1.69. The standard InChI is InChI=1S/C14H27NO/c1-3-11-7-5-6-8-14(11)16-13-9-12(10-13)15-4-2/h11-15H,3-10H2,1-2H3. The van der Waals surface area contributed by atoms with Gasteiger partial charge in [-0.15, -0.1) is 0 Å². The molecule has 1 N–H and O–H groups in total. The molecule has 2 saturated carbocycles. The van der Waals surface area contributed by atoms with Crippen molar-refractivity contribution >= 4 is 0 Å². The Labute approximate surface area is 100 Å². The Hall–Kier alpha value is -0.0800. The summed E-state index contributed by atoms with van der Waals surface area (Å²) in [5, 5.41) is 3.49. The first-order valence-electron chi connectivity index (χ1n) is 7.22. The van der Waals surface area contributed by atoms with Gasteiger partial charge in [-0.1, -0.05) is 33.1 Å². The van der Waals surface area contributed by atoms with Gasteiger partial charge in [-0.2, -0.15) is 0 Å². The summed E-state index contributed by atoms with van der Waals surface area (Å²) in [5.74, 6) is 0.840. The van der Waals surface area contributed by atoms with Crippen LogP contribution in [0, 0.1) is 5.92 Å². The van der Waals surface area contributed by atoms with Crippen molar-refractivity contribution in [3.63, 3.8) is 0 Å². The first-order chi connectivity index (χ1) is 7.83. The first kappa shape index (κ1) is 12.4. The Morgan fingerprint density at radius 2 is 1.88 bits per heavy atom. The average molecular weight is 225 g/mol. The van der Waals surface area contributed by atoms with Gasteiger partial charge in [0.05, 0.1) is 12.2 Å². The fourth-order valence-corrected chi connectivity index (χ4v) is 3.20. The molecule has 2 rings (SSSR count). The van der Waals surface area contributed by atoms with Crippen LogP contribution in [-0.2, 0) is 4.74 Å². The van der Waals surface area contributed by atoms with Crippen molar-refractivity contribution in [3.05, 3.63) is 0 Å². The van der Waals surface area contributed by atoms with Crippen molar-refractivity contribution in [2.45, 2.75) is 77.0 Å². The molecule has 2 unspecified atom stereocenters. The maximum atomic E-state index is 6.27. The lowest BCUT2D eigenvalue weighted by Crippen LogP contribution is -2.47. The molecule has 0 aliphatic heterocycles. The van der Waals surface area contributed by atoms with E-state index in [1.807, 2.05) is 0 Å². The number of nitrogens with one attached hydrogen (secondary N) is 1. The molecule has 0 bridgehead atoms. The van der Waals surface area contributed by atoms with Crippen molar-refractivity contribution in [1.82, 2.24) is 5.32 Å². The maximum Gasteiger partial charge on any atom is 0.0608 e. The molecule has 2 heteroatoms. The van der Waals surface area contributed by atoms with Gasteiger partial charge in [-0.3, -0.25) is 0 Å². The molecule has 2 nitrogen and oxygen atoms in total. The van der Waals surface area contributed by atoms with Gasteiger partial charge in [0.15, 0.2) is 0 Å². The second-order valence-electron chi connectivity index (χ2n) is 5.48. The molecular weight excluding hydrogens is 198 g/mol. The van der Waals surface area contributed by atoms with E-state index in [0.717, 1.165) is 18.5 Å². The van der Waals surface area contributed by atoms with Crippen LogP contribution in [0.3, 0.4) is 0 Å². The monoisotopic (exact) mass is 225 g/mol. The van der Waals surface area contributed by atoms with Gasteiger partial charge >= 0.3 is 0 Å². The predicted octanol–water partition coefficient (Wildman–Crippen LogP) is 3.11. The second kappa shape index (κ2) is 6.02. The highest BCUT2D eigenvalue weighted by Gasteiger charge is 2.33. The molecule has 0 radical (unpaired) electrons. The maximum absolute atomic E-state index is 6.27. The summed E-state index contributed by atoms with van der Waals surface area (Å²) in [6.07, 6.45) is 10.4. The van der Waals surface area contributed by atoms with E-state index >= 15 is 0 Å². The van der Waals surface area contributed by atoms with Crippen LogP contribution in [0.4, 0.5) is 0 Å². The highest BCUT2D eigenvalue weighted by Crippen LogP contribution is 2.33. The van der Waals surface area contributed by atoms with Crippen LogP contribution < -0.4 is 5.32 Å². The van der Waals surface area contributed by atoms with Crippen LogP contribution in [0.15, 0.2) is 0 Å². The van der Waals surface area contributed by atoms with E-state index in [1.165, 1.54) is 44.9 Å². The Bertz CT molecular complexity index is 201. The molecule has 0 spiro atoms. The quantitative estimate of drug-likeness (QED) is 0.776. The van der Waals surface area contributed by atoms with Crippen molar-refractivity contribution in [1.29, 1.82) is 0 Å². The largest absolute Gasteiger partial charge is 0.375 e. The summed E-state index contributed by atoms with van der Waals surface area (Å²) in [7, 11) is 0. The molecule has 2 aliphatic carbocycles. The van der Waals surface area contributed by atoms with Crippen LogP contribution in [0.1, 0.15) is 58.8 Å². The normalized spacial score (nSPS) is 39.4. The van der Waals surface area contributed by atoms with E-state index in [1.54, 1.807) is 0 Å². The summed E-state index contributed by atoms with van der Waals surface area (Å²) in [6.45, 7) is 5.59. The molecule has 0 aromatic heterocycles. The topological polar surface area (TPSA) is 21.3 Å². The highest BCUT2D eigenvalue weighted by atomic mass is 16.5. The average Bonchev–Trinajstić information content (AvgIpc) is 2.27. The molecule has 2 fully saturated rings. The molecule has 0 aromatic rings. The summed E-state index contributed by atoms with van der Waals surface area (Å²) in [5.41, 5.74) is 0. The zero-order chi connectivity index (χ0) is 11.4. The number of ether oxygens (including phenoxy) is 1. The first-order valence-corrected chi connectivity index (χ1v) is 7.22. The molecule has 0 heterocycles. The third kappa shape index (κ3) is 2.98. The van der Waals surface area contributed by atoms with Crippen LogP contribution in [0.5, 0.6) is 0 Å². The van der Waals surface area contributed by atoms with E-state index in [2.05, 4.69) is 19.2 Å². The minimum Gasteiger partial charge on any atom is -0.375 e. The fraction of sp³-hybridized carbons (Fsp3) is 1.00. The number of hydrogen-bond acceptors (Lipinski definition) is 2.